The van der Waals surface area contributed by atoms with Gasteiger partial charge in [0.2, 0.25) is 0 Å². The van der Waals surface area contributed by atoms with Crippen LogP contribution in [0.3, 0.4) is 0 Å². The van der Waals surface area contributed by atoms with Crippen LogP contribution in [0.4, 0.5) is 0 Å². The number of carbonyl (C=O) groups is 2. The largest absolute Gasteiger partial charge is 0.460 e. The van der Waals surface area contributed by atoms with E-state index in [0.29, 0.717) is 0 Å². The molecule has 1 aliphatic carbocycles. The van der Waals surface area contributed by atoms with Gasteiger partial charge in [-0.05, 0) is 13.8 Å². The van der Waals surface area contributed by atoms with E-state index >= 15 is 0 Å². The molecule has 0 aromatic carbocycles. The van der Waals surface area contributed by atoms with E-state index in [1.807, 2.05) is 34.6 Å². The third kappa shape index (κ3) is 1.47. The van der Waals surface area contributed by atoms with Gasteiger partial charge >= 0.3 is 5.97 Å². The van der Waals surface area contributed by atoms with Crippen LogP contribution < -0.4 is 0 Å². The molecule has 5 heteroatoms. The Kier molecular flexibility index (Phi) is 3.29. The first-order valence-corrected chi connectivity index (χ1v) is 8.22. The van der Waals surface area contributed by atoms with Crippen molar-refractivity contribution in [2.75, 3.05) is 0 Å². The summed E-state index contributed by atoms with van der Waals surface area (Å²) in [5.41, 5.74) is -2.35. The lowest BCUT2D eigenvalue weighted by molar-refractivity contribution is -0.317. The Morgan fingerprint density at radius 3 is 2.23 bits per heavy atom. The summed E-state index contributed by atoms with van der Waals surface area (Å²) in [4.78, 5) is 25.5. The number of rotatable bonds is 0. The van der Waals surface area contributed by atoms with Gasteiger partial charge in [-0.25, -0.2) is 0 Å². The zero-order chi connectivity index (χ0) is 16.6. The Hall–Kier alpha value is -0.940. The molecule has 0 aromatic rings. The number of aliphatic hydroxyl groups excluding tert-OH is 1. The summed E-state index contributed by atoms with van der Waals surface area (Å²) in [7, 11) is 0. The Labute approximate surface area is 131 Å². The Morgan fingerprint density at radius 2 is 1.64 bits per heavy atom. The highest BCUT2D eigenvalue weighted by Crippen LogP contribution is 2.61. The van der Waals surface area contributed by atoms with Crippen LogP contribution in [0.15, 0.2) is 0 Å². The molecular formula is C17H26O5. The molecule has 9 atom stereocenters. The molecule has 4 fully saturated rings. The van der Waals surface area contributed by atoms with Gasteiger partial charge in [0.15, 0.2) is 11.2 Å². The first-order chi connectivity index (χ1) is 10.1. The highest BCUT2D eigenvalue weighted by Gasteiger charge is 2.76. The zero-order valence-corrected chi connectivity index (χ0v) is 14.1. The predicted molar refractivity (Wildman–Crippen MR) is 78.9 cm³/mol. The SMILES string of the molecule is C[C@H]1[C@@H](O)[C@@H](C)[C@]2(O[C@@H]1C)[C@@H](C)[C@H]1OC(=O)[C@]2(C)C(=O)[C@@H]1C. The minimum Gasteiger partial charge on any atom is -0.460 e. The van der Waals surface area contributed by atoms with Crippen LogP contribution in [0.25, 0.3) is 0 Å². The van der Waals surface area contributed by atoms with E-state index in [9.17, 15) is 14.7 Å². The van der Waals surface area contributed by atoms with Crippen molar-refractivity contribution in [1.29, 1.82) is 0 Å². The lowest BCUT2D eigenvalue weighted by Crippen LogP contribution is -2.79. The molecule has 5 nitrogen and oxygen atoms in total. The summed E-state index contributed by atoms with van der Waals surface area (Å²) in [6, 6.07) is 0. The van der Waals surface area contributed by atoms with E-state index in [-0.39, 0.29) is 35.6 Å². The summed E-state index contributed by atoms with van der Waals surface area (Å²) in [5.74, 6) is -1.44. The molecule has 3 saturated heterocycles. The summed E-state index contributed by atoms with van der Waals surface area (Å²) in [6.45, 7) is 11.2. The number of fused-ring (bicyclic) bond motifs is 2. The molecule has 2 bridgehead atoms. The fraction of sp³-hybridized carbons (Fsp3) is 0.882. The van der Waals surface area contributed by atoms with Crippen LogP contribution in [0.1, 0.15) is 41.5 Å². The number of esters is 1. The van der Waals surface area contributed by atoms with Gasteiger partial charge in [-0.1, -0.05) is 27.7 Å². The maximum absolute atomic E-state index is 12.9. The molecule has 4 rings (SSSR count). The maximum atomic E-state index is 12.9. The third-order valence-electron chi connectivity index (χ3n) is 6.85. The Morgan fingerprint density at radius 1 is 1.05 bits per heavy atom. The van der Waals surface area contributed by atoms with Crippen LogP contribution in [-0.4, -0.2) is 40.8 Å². The average Bonchev–Trinajstić information content (AvgIpc) is 2.48. The van der Waals surface area contributed by atoms with Crippen molar-refractivity contribution in [1.82, 2.24) is 0 Å². The Bertz CT molecular complexity index is 525. The molecule has 1 spiro atoms. The molecule has 0 amide bonds. The highest BCUT2D eigenvalue weighted by atomic mass is 16.6. The van der Waals surface area contributed by atoms with Crippen molar-refractivity contribution in [2.45, 2.75) is 65.5 Å². The van der Waals surface area contributed by atoms with E-state index < -0.39 is 29.2 Å². The van der Waals surface area contributed by atoms with Gasteiger partial charge in [0.05, 0.1) is 18.1 Å². The smallest absolute Gasteiger partial charge is 0.322 e. The predicted octanol–water partition coefficient (Wildman–Crippen LogP) is 1.56. The van der Waals surface area contributed by atoms with Crippen molar-refractivity contribution < 1.29 is 24.2 Å². The van der Waals surface area contributed by atoms with Gasteiger partial charge in [-0.3, -0.25) is 9.59 Å². The number of Topliss-reactive ketones (excluding diaryl/α,β-unsaturated/α-hetero) is 1. The van der Waals surface area contributed by atoms with Gasteiger partial charge in [-0.15, -0.1) is 0 Å². The van der Waals surface area contributed by atoms with Crippen LogP contribution in [0.2, 0.25) is 0 Å². The molecule has 1 N–H and O–H groups in total. The molecular weight excluding hydrogens is 284 g/mol. The molecule has 22 heavy (non-hydrogen) atoms. The zero-order valence-electron chi connectivity index (χ0n) is 14.1. The monoisotopic (exact) mass is 310 g/mol. The summed E-state index contributed by atoms with van der Waals surface area (Å²) in [5, 5.41) is 10.7. The maximum Gasteiger partial charge on any atom is 0.322 e. The molecule has 1 saturated carbocycles. The highest BCUT2D eigenvalue weighted by molar-refractivity contribution is 6.09. The molecule has 3 aliphatic heterocycles. The normalized spacial score (nSPS) is 58.0. The van der Waals surface area contributed by atoms with Crippen molar-refractivity contribution >= 4 is 11.8 Å². The molecule has 124 valence electrons. The summed E-state index contributed by atoms with van der Waals surface area (Å²) in [6.07, 6.45) is -1.31. The fourth-order valence-corrected chi connectivity index (χ4v) is 5.24. The van der Waals surface area contributed by atoms with Gasteiger partial charge in [0, 0.05) is 17.8 Å². The van der Waals surface area contributed by atoms with E-state index in [4.69, 9.17) is 9.47 Å². The lowest BCUT2D eigenvalue weighted by atomic mass is 9.48. The van der Waals surface area contributed by atoms with Crippen LogP contribution in [0.5, 0.6) is 0 Å². The molecule has 0 unspecified atom stereocenters. The van der Waals surface area contributed by atoms with E-state index in [0.717, 1.165) is 0 Å². The van der Waals surface area contributed by atoms with Crippen molar-refractivity contribution in [2.24, 2.45) is 29.1 Å². The average molecular weight is 310 g/mol. The van der Waals surface area contributed by atoms with Crippen LogP contribution in [0, 0.1) is 29.1 Å². The molecule has 0 radical (unpaired) electrons. The third-order valence-corrected chi connectivity index (χ3v) is 6.85. The first kappa shape index (κ1) is 15.9. The molecule has 3 heterocycles. The number of hydrogen-bond acceptors (Lipinski definition) is 5. The Balaban J connectivity index is 2.20. The fourth-order valence-electron chi connectivity index (χ4n) is 5.24. The van der Waals surface area contributed by atoms with Crippen molar-refractivity contribution in [3.8, 4) is 0 Å². The van der Waals surface area contributed by atoms with Gasteiger partial charge in [-0.2, -0.15) is 0 Å². The number of ketones is 1. The minimum absolute atomic E-state index is 0.0413. The standard InChI is InChI=1S/C17H26O5/c1-7-11(5)22-17(9(3)12(7)18)10(4)13-8(2)14(19)16(17,6)15(20)21-13/h7-13,18H,1-6H3/t7-,8-,9-,10+,11-,12-,13+,16+,17+/m1/s1. The van der Waals surface area contributed by atoms with E-state index in [2.05, 4.69) is 0 Å². The second-order valence-electron chi connectivity index (χ2n) is 7.69. The second-order valence-corrected chi connectivity index (χ2v) is 7.69. The number of ether oxygens (including phenoxy) is 2. The minimum atomic E-state index is -1.35. The van der Waals surface area contributed by atoms with E-state index in [1.165, 1.54) is 0 Å². The van der Waals surface area contributed by atoms with Crippen molar-refractivity contribution in [3.63, 3.8) is 0 Å². The first-order valence-electron chi connectivity index (χ1n) is 8.22. The number of aliphatic hydroxyl groups is 1. The lowest BCUT2D eigenvalue weighted by Gasteiger charge is -2.65. The number of carbonyl (C=O) groups excluding carboxylic acids is 2. The molecule has 0 aromatic heterocycles. The topological polar surface area (TPSA) is 72.8 Å². The second kappa shape index (κ2) is 4.54. The van der Waals surface area contributed by atoms with Crippen LogP contribution in [-0.2, 0) is 19.1 Å². The summed E-state index contributed by atoms with van der Waals surface area (Å²) >= 11 is 0. The van der Waals surface area contributed by atoms with Gasteiger partial charge in [0.25, 0.3) is 0 Å². The van der Waals surface area contributed by atoms with E-state index in [1.54, 1.807) is 6.92 Å². The van der Waals surface area contributed by atoms with Gasteiger partial charge < -0.3 is 14.6 Å². The number of hydrogen-bond donors (Lipinski definition) is 1. The van der Waals surface area contributed by atoms with Crippen molar-refractivity contribution in [3.05, 3.63) is 0 Å². The summed E-state index contributed by atoms with van der Waals surface area (Å²) < 4.78 is 11.9. The van der Waals surface area contributed by atoms with Gasteiger partial charge in [0.1, 0.15) is 11.7 Å². The molecule has 4 aliphatic rings. The van der Waals surface area contributed by atoms with Crippen LogP contribution >= 0.6 is 0 Å². The quantitative estimate of drug-likeness (QED) is 0.543.